The Bertz CT molecular complexity index is 1040. The van der Waals surface area contributed by atoms with Gasteiger partial charge in [0.15, 0.2) is 12.4 Å². The number of rotatable bonds is 3. The van der Waals surface area contributed by atoms with E-state index in [4.69, 9.17) is 19.7 Å². The molecule has 2 aromatic rings. The standard InChI is InChI=1S/C18H20BrN5O7S.ClH/c1-29-11-2-10(25)8-6-32-7-9(17-23-12(3-20)24-31-17)22-13(26)4-21-14(27)5-30-18(28)15(8)16(11)19;/h2,9,25H,3-7,20H2,1H3,(H,21,27)(H,22,26);1H/t9-;/m0./s1. The molecule has 1 aliphatic rings. The van der Waals surface area contributed by atoms with Gasteiger partial charge in [-0.15, -0.1) is 12.4 Å². The number of aromatic nitrogens is 2. The Hall–Kier alpha value is -2.55. The van der Waals surface area contributed by atoms with Gasteiger partial charge in [0.05, 0.1) is 30.2 Å². The van der Waals surface area contributed by atoms with Crippen molar-refractivity contribution in [2.75, 3.05) is 26.0 Å². The summed E-state index contributed by atoms with van der Waals surface area (Å²) >= 11 is 4.60. The van der Waals surface area contributed by atoms with Gasteiger partial charge in [0.1, 0.15) is 17.5 Å². The van der Waals surface area contributed by atoms with E-state index < -0.39 is 30.4 Å². The molecular formula is C18H21BrClN5O7S. The number of carbonyl (C=O) groups excluding carboxylic acids is 3. The molecule has 2 heterocycles. The van der Waals surface area contributed by atoms with Crippen molar-refractivity contribution >= 4 is 57.9 Å². The zero-order valence-corrected chi connectivity index (χ0v) is 20.5. The number of cyclic esters (lactones) is 1. The second kappa shape index (κ2) is 12.1. The van der Waals surface area contributed by atoms with Crippen molar-refractivity contribution in [2.24, 2.45) is 5.73 Å². The second-order valence-corrected chi connectivity index (χ2v) is 8.33. The second-order valence-electron chi connectivity index (χ2n) is 6.51. The highest BCUT2D eigenvalue weighted by molar-refractivity contribution is 9.10. The number of hydrogen-bond donors (Lipinski definition) is 4. The molecule has 0 bridgehead atoms. The zero-order valence-electron chi connectivity index (χ0n) is 17.3. The smallest absolute Gasteiger partial charge is 0.340 e. The Kier molecular flexibility index (Phi) is 9.76. The van der Waals surface area contributed by atoms with Gasteiger partial charge in [-0.2, -0.15) is 16.7 Å². The van der Waals surface area contributed by atoms with E-state index in [1.807, 2.05) is 0 Å². The van der Waals surface area contributed by atoms with E-state index in [-0.39, 0.29) is 75.8 Å². The summed E-state index contributed by atoms with van der Waals surface area (Å²) in [6, 6.07) is 0.663. The third-order valence-corrected chi connectivity index (χ3v) is 6.20. The number of methoxy groups -OCH3 is 1. The van der Waals surface area contributed by atoms with Crippen molar-refractivity contribution < 1.29 is 33.5 Å². The van der Waals surface area contributed by atoms with E-state index in [9.17, 15) is 19.5 Å². The maximum Gasteiger partial charge on any atom is 0.340 e. The summed E-state index contributed by atoms with van der Waals surface area (Å²) in [6.07, 6.45) is 0. The van der Waals surface area contributed by atoms with E-state index in [0.717, 1.165) is 0 Å². The van der Waals surface area contributed by atoms with E-state index in [2.05, 4.69) is 36.7 Å². The Morgan fingerprint density at radius 2 is 2.12 bits per heavy atom. The number of esters is 1. The number of halogens is 2. The highest BCUT2D eigenvalue weighted by Gasteiger charge is 2.27. The van der Waals surface area contributed by atoms with Crippen LogP contribution in [0.3, 0.4) is 0 Å². The van der Waals surface area contributed by atoms with E-state index >= 15 is 0 Å². The lowest BCUT2D eigenvalue weighted by Crippen LogP contribution is -2.41. The largest absolute Gasteiger partial charge is 0.507 e. The molecule has 0 spiro atoms. The molecule has 0 radical (unpaired) electrons. The predicted octanol–water partition coefficient (Wildman–Crippen LogP) is 0.804. The van der Waals surface area contributed by atoms with Gasteiger partial charge in [-0.25, -0.2) is 4.79 Å². The molecule has 15 heteroatoms. The van der Waals surface area contributed by atoms with E-state index in [0.29, 0.717) is 0 Å². The number of nitrogens with one attached hydrogen (secondary N) is 2. The third kappa shape index (κ3) is 6.50. The van der Waals surface area contributed by atoms with Crippen molar-refractivity contribution in [3.8, 4) is 11.5 Å². The van der Waals surface area contributed by atoms with Crippen molar-refractivity contribution in [3.05, 3.63) is 33.4 Å². The number of nitrogens with two attached hydrogens (primary N) is 1. The zero-order chi connectivity index (χ0) is 23.3. The molecule has 180 valence electrons. The molecule has 0 saturated heterocycles. The summed E-state index contributed by atoms with van der Waals surface area (Å²) in [5, 5.41) is 19.3. The normalized spacial score (nSPS) is 17.5. The maximum atomic E-state index is 12.7. The topological polar surface area (TPSA) is 179 Å². The van der Waals surface area contributed by atoms with Crippen LogP contribution in [0.2, 0.25) is 0 Å². The molecular weight excluding hydrogens is 546 g/mol. The van der Waals surface area contributed by atoms with Crippen LogP contribution in [-0.2, 0) is 26.6 Å². The molecule has 2 amide bonds. The first-order valence-corrected chi connectivity index (χ1v) is 11.2. The Balaban J connectivity index is 0.00000385. The monoisotopic (exact) mass is 565 g/mol. The number of thioether (sulfide) groups is 1. The number of benzene rings is 1. The highest BCUT2D eigenvalue weighted by Crippen LogP contribution is 2.39. The number of hydrogen-bond acceptors (Lipinski definition) is 11. The first kappa shape index (κ1) is 26.7. The minimum absolute atomic E-state index is 0. The van der Waals surface area contributed by atoms with Crippen LogP contribution in [0, 0.1) is 0 Å². The molecule has 3 rings (SSSR count). The lowest BCUT2D eigenvalue weighted by molar-refractivity contribution is -0.128. The summed E-state index contributed by atoms with van der Waals surface area (Å²) in [6.45, 7) is -0.896. The summed E-state index contributed by atoms with van der Waals surface area (Å²) in [4.78, 5) is 41.1. The average Bonchev–Trinajstić information content (AvgIpc) is 3.26. The van der Waals surface area contributed by atoms with Gasteiger partial charge in [0.2, 0.25) is 11.8 Å². The number of fused-ring (bicyclic) bond motifs is 1. The first-order chi connectivity index (χ1) is 15.3. The quantitative estimate of drug-likeness (QED) is 0.386. The van der Waals surface area contributed by atoms with Crippen LogP contribution in [0.4, 0.5) is 0 Å². The van der Waals surface area contributed by atoms with Gasteiger partial charge in [-0.05, 0) is 15.9 Å². The molecule has 1 aromatic heterocycles. The van der Waals surface area contributed by atoms with E-state index in [1.165, 1.54) is 24.9 Å². The van der Waals surface area contributed by atoms with Crippen LogP contribution in [-0.4, -0.2) is 59.0 Å². The molecule has 5 N–H and O–H groups in total. The van der Waals surface area contributed by atoms with Gasteiger partial charge in [-0.3, -0.25) is 9.59 Å². The molecule has 1 atom stereocenters. The number of amides is 2. The fraction of sp³-hybridized carbons (Fsp3) is 0.389. The Morgan fingerprint density at radius 1 is 1.36 bits per heavy atom. The number of ether oxygens (including phenoxy) is 2. The predicted molar refractivity (Wildman–Crippen MR) is 122 cm³/mol. The number of nitrogens with zero attached hydrogens (tertiary/aromatic N) is 2. The fourth-order valence-corrected chi connectivity index (χ4v) is 4.54. The maximum absolute atomic E-state index is 12.7. The molecule has 0 aliphatic carbocycles. The van der Waals surface area contributed by atoms with Crippen LogP contribution < -0.4 is 21.1 Å². The summed E-state index contributed by atoms with van der Waals surface area (Å²) in [5.74, 6) is -1.15. The van der Waals surface area contributed by atoms with Crippen molar-refractivity contribution in [2.45, 2.75) is 18.3 Å². The summed E-state index contributed by atoms with van der Waals surface area (Å²) < 4.78 is 15.7. The molecule has 12 nitrogen and oxygen atoms in total. The molecule has 0 unspecified atom stereocenters. The van der Waals surface area contributed by atoms with Gasteiger partial charge in [-0.1, -0.05) is 5.16 Å². The summed E-state index contributed by atoms with van der Waals surface area (Å²) in [5.41, 5.74) is 5.81. The minimum atomic E-state index is -0.834. The van der Waals surface area contributed by atoms with Crippen molar-refractivity contribution in [1.29, 1.82) is 0 Å². The Labute approximate surface area is 206 Å². The fourth-order valence-electron chi connectivity index (χ4n) is 2.79. The van der Waals surface area contributed by atoms with Gasteiger partial charge < -0.3 is 35.5 Å². The van der Waals surface area contributed by atoms with Crippen LogP contribution >= 0.6 is 40.1 Å². The van der Waals surface area contributed by atoms with Gasteiger partial charge in [0.25, 0.3) is 5.91 Å². The third-order valence-electron chi connectivity index (χ3n) is 4.35. The summed E-state index contributed by atoms with van der Waals surface area (Å²) in [7, 11) is 1.38. The SMILES string of the molecule is COc1cc(O)c2c(c1Br)C(=O)OCC(=O)NCC(=O)N[C@H](c1nc(CN)no1)CSC2.Cl. The molecule has 1 aromatic carbocycles. The number of carbonyl (C=O) groups is 3. The van der Waals surface area contributed by atoms with Crippen molar-refractivity contribution in [3.63, 3.8) is 0 Å². The van der Waals surface area contributed by atoms with Gasteiger partial charge in [0, 0.05) is 23.1 Å². The Morgan fingerprint density at radius 3 is 2.79 bits per heavy atom. The lowest BCUT2D eigenvalue weighted by Gasteiger charge is -2.18. The first-order valence-electron chi connectivity index (χ1n) is 9.25. The van der Waals surface area contributed by atoms with Gasteiger partial charge >= 0.3 is 5.97 Å². The highest BCUT2D eigenvalue weighted by atomic mass is 79.9. The molecule has 33 heavy (non-hydrogen) atoms. The average molecular weight is 567 g/mol. The lowest BCUT2D eigenvalue weighted by atomic mass is 10.1. The molecule has 0 saturated carbocycles. The van der Waals surface area contributed by atoms with Crippen LogP contribution in [0.1, 0.15) is 33.7 Å². The number of phenolic OH excluding ortho intramolecular Hbond substituents is 1. The van der Waals surface area contributed by atoms with Crippen LogP contribution in [0.15, 0.2) is 15.1 Å². The molecule has 1 aliphatic heterocycles. The van der Waals surface area contributed by atoms with Crippen LogP contribution in [0.25, 0.3) is 0 Å². The molecule has 0 fully saturated rings. The number of phenols is 1. The van der Waals surface area contributed by atoms with E-state index in [1.54, 1.807) is 0 Å². The van der Waals surface area contributed by atoms with Crippen LogP contribution in [0.5, 0.6) is 11.5 Å². The minimum Gasteiger partial charge on any atom is -0.507 e. The van der Waals surface area contributed by atoms with Crippen molar-refractivity contribution in [1.82, 2.24) is 20.8 Å². The number of aromatic hydroxyl groups is 1.